The van der Waals surface area contributed by atoms with Gasteiger partial charge in [0.25, 0.3) is 0 Å². The summed E-state index contributed by atoms with van der Waals surface area (Å²) in [7, 11) is 0. The van der Waals surface area contributed by atoms with Crippen molar-refractivity contribution in [3.63, 3.8) is 0 Å². The van der Waals surface area contributed by atoms with Crippen LogP contribution in [0, 0.1) is 0 Å². The van der Waals surface area contributed by atoms with Gasteiger partial charge in [0.1, 0.15) is 0 Å². The van der Waals surface area contributed by atoms with E-state index in [1.165, 1.54) is 19.3 Å². The van der Waals surface area contributed by atoms with E-state index in [-0.39, 0.29) is 12.1 Å². The summed E-state index contributed by atoms with van der Waals surface area (Å²) in [5.74, 6) is 0.192. The maximum Gasteiger partial charge on any atom is 0.307 e. The van der Waals surface area contributed by atoms with E-state index in [0.717, 1.165) is 13.0 Å². The number of hydrogen-bond acceptors (Lipinski definition) is 3. The van der Waals surface area contributed by atoms with Crippen LogP contribution < -0.4 is 11.1 Å². The molecule has 0 rings (SSSR count). The second-order valence-electron chi connectivity index (χ2n) is 4.54. The lowest BCUT2D eigenvalue weighted by Crippen LogP contribution is -2.33. The van der Waals surface area contributed by atoms with Gasteiger partial charge in [0.2, 0.25) is 0 Å². The van der Waals surface area contributed by atoms with Gasteiger partial charge < -0.3 is 15.8 Å². The van der Waals surface area contributed by atoms with Crippen molar-refractivity contribution < 1.29 is 9.53 Å². The maximum absolute atomic E-state index is 11.2. The fourth-order valence-electron chi connectivity index (χ4n) is 1.41. The Morgan fingerprint density at radius 2 is 2.06 bits per heavy atom. The van der Waals surface area contributed by atoms with Crippen LogP contribution in [-0.4, -0.2) is 31.1 Å². The predicted octanol–water partition coefficient (Wildman–Crippen LogP) is 1.81. The van der Waals surface area contributed by atoms with E-state index in [4.69, 9.17) is 10.5 Å². The Bertz CT molecular complexity index is 253. The fraction of sp³-hybridized carbons (Fsp3) is 0.846. The van der Waals surface area contributed by atoms with Crippen molar-refractivity contribution >= 4 is 11.9 Å². The Morgan fingerprint density at radius 1 is 1.33 bits per heavy atom. The molecule has 0 fully saturated rings. The van der Waals surface area contributed by atoms with E-state index < -0.39 is 0 Å². The molecule has 0 amide bonds. The monoisotopic (exact) mass is 257 g/mol. The molecule has 0 unspecified atom stereocenters. The Hall–Kier alpha value is -1.26. The number of carbonyl (C=O) groups is 1. The lowest BCUT2D eigenvalue weighted by molar-refractivity contribution is -0.147. The normalized spacial score (nSPS) is 11.7. The van der Waals surface area contributed by atoms with Gasteiger partial charge in [0, 0.05) is 13.1 Å². The van der Waals surface area contributed by atoms with Crippen molar-refractivity contribution in [1.29, 1.82) is 0 Å². The number of nitrogens with two attached hydrogens (primary N) is 1. The number of nitrogens with one attached hydrogen (secondary N) is 1. The molecule has 0 radical (unpaired) electrons. The van der Waals surface area contributed by atoms with Crippen LogP contribution >= 0.6 is 0 Å². The van der Waals surface area contributed by atoms with Crippen molar-refractivity contribution in [1.82, 2.24) is 5.32 Å². The smallest absolute Gasteiger partial charge is 0.307 e. The zero-order valence-electron chi connectivity index (χ0n) is 11.9. The SMILES string of the molecule is CCCCCCN=C(N)NCCC(=O)OC(C)C. The van der Waals surface area contributed by atoms with Crippen LogP contribution in [0.25, 0.3) is 0 Å². The topological polar surface area (TPSA) is 76.7 Å². The van der Waals surface area contributed by atoms with Crippen LogP contribution in [0.3, 0.4) is 0 Å². The molecule has 0 atom stereocenters. The summed E-state index contributed by atoms with van der Waals surface area (Å²) >= 11 is 0. The van der Waals surface area contributed by atoms with Crippen molar-refractivity contribution in [2.45, 2.75) is 59.0 Å². The van der Waals surface area contributed by atoms with Gasteiger partial charge in [-0.05, 0) is 20.3 Å². The number of hydrogen-bond donors (Lipinski definition) is 2. The molecule has 18 heavy (non-hydrogen) atoms. The van der Waals surface area contributed by atoms with Crippen molar-refractivity contribution in [2.24, 2.45) is 10.7 Å². The summed E-state index contributed by atoms with van der Waals surface area (Å²) in [4.78, 5) is 15.4. The molecule has 0 aromatic carbocycles. The van der Waals surface area contributed by atoms with E-state index in [2.05, 4.69) is 17.2 Å². The zero-order chi connectivity index (χ0) is 13.8. The molecular weight excluding hydrogens is 230 g/mol. The minimum atomic E-state index is -0.215. The number of esters is 1. The zero-order valence-corrected chi connectivity index (χ0v) is 11.9. The molecule has 5 nitrogen and oxygen atoms in total. The fourth-order valence-corrected chi connectivity index (χ4v) is 1.41. The van der Waals surface area contributed by atoms with E-state index in [9.17, 15) is 4.79 Å². The number of rotatable bonds is 9. The maximum atomic E-state index is 11.2. The van der Waals surface area contributed by atoms with E-state index in [0.29, 0.717) is 18.9 Å². The highest BCUT2D eigenvalue weighted by atomic mass is 16.5. The third kappa shape index (κ3) is 11.2. The van der Waals surface area contributed by atoms with Gasteiger partial charge in [-0.1, -0.05) is 26.2 Å². The molecule has 0 saturated heterocycles. The van der Waals surface area contributed by atoms with Crippen molar-refractivity contribution in [3.8, 4) is 0 Å². The summed E-state index contributed by atoms with van der Waals surface area (Å²) < 4.78 is 5.00. The quantitative estimate of drug-likeness (QED) is 0.286. The van der Waals surface area contributed by atoms with E-state index in [1.807, 2.05) is 13.8 Å². The Labute approximate surface area is 110 Å². The average molecular weight is 257 g/mol. The number of aliphatic imine (C=N–C) groups is 1. The highest BCUT2D eigenvalue weighted by molar-refractivity contribution is 5.78. The first-order valence-electron chi connectivity index (χ1n) is 6.79. The number of nitrogens with zero attached hydrogens (tertiary/aromatic N) is 1. The molecule has 0 aliphatic carbocycles. The van der Waals surface area contributed by atoms with E-state index >= 15 is 0 Å². The van der Waals surface area contributed by atoms with Gasteiger partial charge >= 0.3 is 5.97 Å². The van der Waals surface area contributed by atoms with Crippen LogP contribution in [0.15, 0.2) is 4.99 Å². The summed E-state index contributed by atoms with van der Waals surface area (Å²) in [5.41, 5.74) is 5.66. The highest BCUT2D eigenvalue weighted by Crippen LogP contribution is 1.98. The molecule has 0 aliphatic rings. The van der Waals surface area contributed by atoms with Gasteiger partial charge in [0.15, 0.2) is 5.96 Å². The second-order valence-corrected chi connectivity index (χ2v) is 4.54. The third-order valence-corrected chi connectivity index (χ3v) is 2.30. The highest BCUT2D eigenvalue weighted by Gasteiger charge is 2.04. The number of carbonyl (C=O) groups excluding carboxylic acids is 1. The first-order chi connectivity index (χ1) is 8.56. The third-order valence-electron chi connectivity index (χ3n) is 2.30. The standard InChI is InChI=1S/C13H27N3O2/c1-4-5-6-7-9-15-13(14)16-10-8-12(17)18-11(2)3/h11H,4-10H2,1-3H3,(H3,14,15,16). The Kier molecular flexibility index (Phi) is 10.1. The van der Waals surface area contributed by atoms with Crippen LogP contribution in [0.4, 0.5) is 0 Å². The molecular formula is C13H27N3O2. The molecule has 3 N–H and O–H groups in total. The average Bonchev–Trinajstić information content (AvgIpc) is 2.27. The molecule has 106 valence electrons. The van der Waals surface area contributed by atoms with Gasteiger partial charge in [-0.25, -0.2) is 0 Å². The molecule has 5 heteroatoms. The lowest BCUT2D eigenvalue weighted by atomic mass is 10.2. The lowest BCUT2D eigenvalue weighted by Gasteiger charge is -2.08. The van der Waals surface area contributed by atoms with Gasteiger partial charge in [-0.15, -0.1) is 0 Å². The summed E-state index contributed by atoms with van der Waals surface area (Å²) in [5, 5.41) is 2.90. The van der Waals surface area contributed by atoms with Gasteiger partial charge in [-0.2, -0.15) is 0 Å². The summed E-state index contributed by atoms with van der Waals surface area (Å²) in [6.07, 6.45) is 4.95. The minimum Gasteiger partial charge on any atom is -0.463 e. The molecule has 0 saturated carbocycles. The number of guanidine groups is 1. The van der Waals surface area contributed by atoms with Crippen molar-refractivity contribution in [3.05, 3.63) is 0 Å². The molecule has 0 spiro atoms. The van der Waals surface area contributed by atoms with Crippen molar-refractivity contribution in [2.75, 3.05) is 13.1 Å². The van der Waals surface area contributed by atoms with Crippen LogP contribution in [-0.2, 0) is 9.53 Å². The molecule has 0 aromatic heterocycles. The summed E-state index contributed by atoms with van der Waals surface area (Å²) in [6, 6.07) is 0. The molecule has 0 bridgehead atoms. The number of ether oxygens (including phenoxy) is 1. The van der Waals surface area contributed by atoms with E-state index in [1.54, 1.807) is 0 Å². The summed E-state index contributed by atoms with van der Waals surface area (Å²) in [6.45, 7) is 7.05. The molecule has 0 aliphatic heterocycles. The van der Waals surface area contributed by atoms with Gasteiger partial charge in [0.05, 0.1) is 12.5 Å². The van der Waals surface area contributed by atoms with Crippen LogP contribution in [0.2, 0.25) is 0 Å². The molecule has 0 heterocycles. The first kappa shape index (κ1) is 16.7. The van der Waals surface area contributed by atoms with Crippen LogP contribution in [0.1, 0.15) is 52.9 Å². The first-order valence-corrected chi connectivity index (χ1v) is 6.79. The Morgan fingerprint density at radius 3 is 2.67 bits per heavy atom. The number of unbranched alkanes of at least 4 members (excludes halogenated alkanes) is 3. The second kappa shape index (κ2) is 10.9. The predicted molar refractivity (Wildman–Crippen MR) is 74.5 cm³/mol. The largest absolute Gasteiger partial charge is 0.463 e. The Balaban J connectivity index is 3.54. The molecule has 0 aromatic rings. The van der Waals surface area contributed by atoms with Gasteiger partial charge in [-0.3, -0.25) is 9.79 Å². The van der Waals surface area contributed by atoms with Crippen LogP contribution in [0.5, 0.6) is 0 Å². The minimum absolute atomic E-state index is 0.0675.